The van der Waals surface area contributed by atoms with Crippen LogP contribution in [-0.4, -0.2) is 23.3 Å². The molecule has 0 saturated carbocycles. The fourth-order valence-corrected chi connectivity index (χ4v) is 3.22. The van der Waals surface area contributed by atoms with E-state index < -0.39 is 5.92 Å². The molecule has 6 heteroatoms. The molecule has 1 aromatic heterocycles. The van der Waals surface area contributed by atoms with Crippen molar-refractivity contribution in [3.63, 3.8) is 0 Å². The van der Waals surface area contributed by atoms with Gasteiger partial charge in [-0.2, -0.15) is 0 Å². The third kappa shape index (κ3) is 2.80. The summed E-state index contributed by atoms with van der Waals surface area (Å²) in [7, 11) is 0. The molecule has 0 radical (unpaired) electrons. The van der Waals surface area contributed by atoms with Crippen molar-refractivity contribution in [3.8, 4) is 0 Å². The molecule has 2 aromatic rings. The third-order valence-corrected chi connectivity index (χ3v) is 4.42. The number of rotatable bonds is 3. The van der Waals surface area contributed by atoms with Crippen LogP contribution in [-0.2, 0) is 9.59 Å². The zero-order chi connectivity index (χ0) is 14.8. The molecule has 1 fully saturated rings. The van der Waals surface area contributed by atoms with E-state index >= 15 is 0 Å². The van der Waals surface area contributed by atoms with E-state index in [1.807, 2.05) is 42.6 Å². The van der Waals surface area contributed by atoms with Crippen molar-refractivity contribution >= 4 is 28.3 Å². The molecule has 2 amide bonds. The Labute approximate surface area is 126 Å². The number of nitrogens with zero attached hydrogens (tertiary/aromatic N) is 1. The van der Waals surface area contributed by atoms with Gasteiger partial charge in [0.05, 0.1) is 5.69 Å². The number of carbonyl (C=O) groups excluding carboxylic acids is 2. The summed E-state index contributed by atoms with van der Waals surface area (Å²) in [6.45, 7) is 2.35. The van der Waals surface area contributed by atoms with Crippen LogP contribution in [0.3, 0.4) is 0 Å². The minimum atomic E-state index is -0.711. The first-order valence-electron chi connectivity index (χ1n) is 6.71. The highest BCUT2D eigenvalue weighted by Gasteiger charge is 2.41. The molecule has 1 aliphatic heterocycles. The highest BCUT2D eigenvalue weighted by atomic mass is 32.1. The van der Waals surface area contributed by atoms with Crippen molar-refractivity contribution in [2.24, 2.45) is 5.92 Å². The Morgan fingerprint density at radius 1 is 1.38 bits per heavy atom. The van der Waals surface area contributed by atoms with Gasteiger partial charge in [-0.05, 0) is 12.5 Å². The molecule has 108 valence electrons. The summed E-state index contributed by atoms with van der Waals surface area (Å²) in [6, 6.07) is 9.63. The highest BCUT2D eigenvalue weighted by Crippen LogP contribution is 2.30. The van der Waals surface area contributed by atoms with Crippen LogP contribution < -0.4 is 10.6 Å². The van der Waals surface area contributed by atoms with Gasteiger partial charge >= 0.3 is 0 Å². The van der Waals surface area contributed by atoms with E-state index in [2.05, 4.69) is 15.6 Å². The molecule has 2 heterocycles. The molecular weight excluding hydrogens is 286 g/mol. The maximum absolute atomic E-state index is 12.4. The summed E-state index contributed by atoms with van der Waals surface area (Å²) in [5, 5.41) is 7.91. The van der Waals surface area contributed by atoms with Crippen molar-refractivity contribution in [1.82, 2.24) is 10.3 Å². The number of hydrogen-bond donors (Lipinski definition) is 2. The summed E-state index contributed by atoms with van der Waals surface area (Å²) in [4.78, 5) is 28.6. The molecule has 2 atom stereocenters. The van der Waals surface area contributed by atoms with Gasteiger partial charge in [-0.1, -0.05) is 30.3 Å². The first kappa shape index (κ1) is 13.8. The minimum absolute atomic E-state index is 0.139. The fourth-order valence-electron chi connectivity index (χ4n) is 2.53. The van der Waals surface area contributed by atoms with Gasteiger partial charge in [0.25, 0.3) is 0 Å². The summed E-state index contributed by atoms with van der Waals surface area (Å²) in [6.07, 6.45) is 0. The lowest BCUT2D eigenvalue weighted by atomic mass is 9.88. The summed E-state index contributed by atoms with van der Waals surface area (Å²) in [5.74, 6) is -1.38. The van der Waals surface area contributed by atoms with Gasteiger partial charge in [-0.15, -0.1) is 11.3 Å². The lowest BCUT2D eigenvalue weighted by Gasteiger charge is -2.16. The van der Waals surface area contributed by atoms with Crippen molar-refractivity contribution in [2.45, 2.75) is 12.8 Å². The predicted octanol–water partition coefficient (Wildman–Crippen LogP) is 1.92. The van der Waals surface area contributed by atoms with Crippen molar-refractivity contribution in [1.29, 1.82) is 0 Å². The van der Waals surface area contributed by atoms with Crippen LogP contribution in [0.5, 0.6) is 0 Å². The van der Waals surface area contributed by atoms with E-state index in [1.54, 1.807) is 0 Å². The van der Waals surface area contributed by atoms with Crippen LogP contribution >= 0.6 is 11.3 Å². The van der Waals surface area contributed by atoms with Gasteiger partial charge in [-0.3, -0.25) is 9.59 Å². The second kappa shape index (κ2) is 5.65. The topological polar surface area (TPSA) is 71.1 Å². The van der Waals surface area contributed by atoms with Crippen LogP contribution in [0.2, 0.25) is 0 Å². The van der Waals surface area contributed by atoms with E-state index in [0.717, 1.165) is 11.3 Å². The van der Waals surface area contributed by atoms with Crippen LogP contribution in [0.25, 0.3) is 0 Å². The molecule has 3 rings (SSSR count). The van der Waals surface area contributed by atoms with E-state index in [-0.39, 0.29) is 17.7 Å². The van der Waals surface area contributed by atoms with Gasteiger partial charge in [-0.25, -0.2) is 4.98 Å². The Kier molecular flexibility index (Phi) is 3.70. The molecule has 0 bridgehead atoms. The standard InChI is InChI=1S/C15H15N3O2S/c1-9-8-21-15(17-9)18-14(20)12-11(7-16-13(12)19)10-5-3-2-4-6-10/h2-6,8,11-12H,7H2,1H3,(H,16,19)(H,17,18,20)/t11-,12+/m1/s1. The Morgan fingerprint density at radius 2 is 2.14 bits per heavy atom. The number of thiazole rings is 1. The smallest absolute Gasteiger partial charge is 0.239 e. The first-order chi connectivity index (χ1) is 10.1. The summed E-state index contributed by atoms with van der Waals surface area (Å²) >= 11 is 1.36. The van der Waals surface area contributed by atoms with Gasteiger partial charge in [0.1, 0.15) is 5.92 Å². The monoisotopic (exact) mass is 301 g/mol. The molecule has 1 aromatic carbocycles. The number of benzene rings is 1. The minimum Gasteiger partial charge on any atom is -0.355 e. The predicted molar refractivity (Wildman–Crippen MR) is 81.2 cm³/mol. The fraction of sp³-hybridized carbons (Fsp3) is 0.267. The number of hydrogen-bond acceptors (Lipinski definition) is 4. The molecule has 0 aliphatic carbocycles. The van der Waals surface area contributed by atoms with E-state index in [0.29, 0.717) is 11.7 Å². The number of amides is 2. The largest absolute Gasteiger partial charge is 0.355 e. The Balaban J connectivity index is 1.81. The number of anilines is 1. The van der Waals surface area contributed by atoms with E-state index in [1.165, 1.54) is 11.3 Å². The Bertz CT molecular complexity index is 669. The van der Waals surface area contributed by atoms with Crippen LogP contribution in [0.4, 0.5) is 5.13 Å². The average Bonchev–Trinajstić information content (AvgIpc) is 3.06. The molecular formula is C15H15N3O2S. The third-order valence-electron chi connectivity index (χ3n) is 3.54. The van der Waals surface area contributed by atoms with Crippen LogP contribution in [0.1, 0.15) is 17.2 Å². The Hall–Kier alpha value is -2.21. The molecule has 0 spiro atoms. The molecule has 5 nitrogen and oxygen atoms in total. The molecule has 1 saturated heterocycles. The summed E-state index contributed by atoms with van der Waals surface area (Å²) in [5.41, 5.74) is 1.84. The highest BCUT2D eigenvalue weighted by molar-refractivity contribution is 7.13. The molecule has 21 heavy (non-hydrogen) atoms. The number of carbonyl (C=O) groups is 2. The average molecular weight is 301 g/mol. The van der Waals surface area contributed by atoms with E-state index in [9.17, 15) is 9.59 Å². The molecule has 0 unspecified atom stereocenters. The quantitative estimate of drug-likeness (QED) is 0.851. The zero-order valence-corrected chi connectivity index (χ0v) is 12.3. The van der Waals surface area contributed by atoms with Crippen molar-refractivity contribution < 1.29 is 9.59 Å². The normalized spacial score (nSPS) is 21.1. The number of aryl methyl sites for hydroxylation is 1. The maximum Gasteiger partial charge on any atom is 0.239 e. The first-order valence-corrected chi connectivity index (χ1v) is 7.59. The van der Waals surface area contributed by atoms with Crippen LogP contribution in [0, 0.1) is 12.8 Å². The number of aromatic nitrogens is 1. The van der Waals surface area contributed by atoms with Gasteiger partial charge in [0.2, 0.25) is 11.8 Å². The van der Waals surface area contributed by atoms with E-state index in [4.69, 9.17) is 0 Å². The van der Waals surface area contributed by atoms with Gasteiger partial charge in [0.15, 0.2) is 5.13 Å². The van der Waals surface area contributed by atoms with Crippen molar-refractivity contribution in [3.05, 3.63) is 47.0 Å². The lowest BCUT2D eigenvalue weighted by molar-refractivity contribution is -0.130. The molecule has 1 aliphatic rings. The SMILES string of the molecule is Cc1csc(NC(=O)[C@@H]2C(=O)NC[C@@H]2c2ccccc2)n1. The van der Waals surface area contributed by atoms with Crippen LogP contribution in [0.15, 0.2) is 35.7 Å². The number of nitrogens with one attached hydrogen (secondary N) is 2. The van der Waals surface area contributed by atoms with Gasteiger partial charge < -0.3 is 10.6 Å². The molecule has 2 N–H and O–H groups in total. The maximum atomic E-state index is 12.4. The second-order valence-corrected chi connectivity index (χ2v) is 5.88. The zero-order valence-electron chi connectivity index (χ0n) is 11.5. The second-order valence-electron chi connectivity index (χ2n) is 5.02. The summed E-state index contributed by atoms with van der Waals surface area (Å²) < 4.78 is 0. The lowest BCUT2D eigenvalue weighted by Crippen LogP contribution is -2.32. The van der Waals surface area contributed by atoms with Gasteiger partial charge in [0, 0.05) is 17.8 Å². The van der Waals surface area contributed by atoms with Crippen molar-refractivity contribution in [2.75, 3.05) is 11.9 Å². The Morgan fingerprint density at radius 3 is 2.81 bits per heavy atom.